The molecule has 4 nitrogen and oxygen atoms in total. The quantitative estimate of drug-likeness (QED) is 0.661. The molecule has 0 unspecified atom stereocenters. The molecule has 0 N–H and O–H groups in total. The van der Waals surface area contributed by atoms with Crippen LogP contribution in [0.4, 0.5) is 17.6 Å². The van der Waals surface area contributed by atoms with Gasteiger partial charge in [-0.15, -0.1) is 0 Å². The summed E-state index contributed by atoms with van der Waals surface area (Å²) in [5.74, 6) is -1.40. The molecule has 1 heterocycles. The number of carbonyl (C=O) groups excluding carboxylic acids is 1. The van der Waals surface area contributed by atoms with Gasteiger partial charge in [0.2, 0.25) is 0 Å². The van der Waals surface area contributed by atoms with E-state index in [0.29, 0.717) is 17.8 Å². The monoisotopic (exact) mass is 411 g/mol. The number of amides is 1. The van der Waals surface area contributed by atoms with E-state index in [1.807, 2.05) is 0 Å². The highest BCUT2D eigenvalue weighted by Gasteiger charge is 2.39. The Bertz CT molecular complexity index is 845. The molecule has 10 heteroatoms. The Labute approximate surface area is 157 Å². The van der Waals surface area contributed by atoms with Gasteiger partial charge in [-0.1, -0.05) is 23.2 Å². The summed E-state index contributed by atoms with van der Waals surface area (Å²) in [4.78, 5) is 14.0. The lowest BCUT2D eigenvalue weighted by molar-refractivity contribution is -0.143. The maximum absolute atomic E-state index is 14.4. The summed E-state index contributed by atoms with van der Waals surface area (Å²) in [6.45, 7) is 4.29. The van der Waals surface area contributed by atoms with E-state index in [2.05, 4.69) is 5.10 Å². The first-order chi connectivity index (χ1) is 12.0. The number of hydrogen-bond donors (Lipinski definition) is 0. The van der Waals surface area contributed by atoms with Crippen molar-refractivity contribution in [2.24, 2.45) is 7.05 Å². The first-order valence-corrected chi connectivity index (χ1v) is 8.36. The van der Waals surface area contributed by atoms with E-state index in [1.165, 1.54) is 4.90 Å². The first kappa shape index (κ1) is 20.5. The van der Waals surface area contributed by atoms with Crippen molar-refractivity contribution in [1.82, 2.24) is 14.7 Å². The minimum Gasteiger partial charge on any atom is -0.339 e. The summed E-state index contributed by atoms with van der Waals surface area (Å²) in [5, 5.41) is 2.79. The van der Waals surface area contributed by atoms with Gasteiger partial charge in [-0.25, -0.2) is 4.39 Å². The molecule has 0 bridgehead atoms. The molecule has 142 valence electrons. The molecule has 1 amide bonds. The highest BCUT2D eigenvalue weighted by atomic mass is 35.5. The number of benzene rings is 1. The van der Waals surface area contributed by atoms with Crippen molar-refractivity contribution in [3.63, 3.8) is 0 Å². The normalized spacial score (nSPS) is 11.7. The number of rotatable bonds is 4. The molecule has 2 rings (SSSR count). The maximum atomic E-state index is 14.4. The van der Waals surface area contributed by atoms with E-state index in [-0.39, 0.29) is 16.1 Å². The second kappa shape index (κ2) is 7.44. The second-order valence-corrected chi connectivity index (χ2v) is 6.21. The van der Waals surface area contributed by atoms with E-state index in [0.717, 1.165) is 19.2 Å². The summed E-state index contributed by atoms with van der Waals surface area (Å²) < 4.78 is 54.2. The standard InChI is InChI=1S/C16H15Cl2F4N3O/c1-4-25(5-2)15(26)8-6-9(11(19)7-10(8)17)13-12(18)14(16(20,21)22)24(3)23-13/h6-7H,4-5H2,1-3H3. The summed E-state index contributed by atoms with van der Waals surface area (Å²) in [6.07, 6.45) is -4.76. The third-order valence-electron chi connectivity index (χ3n) is 3.85. The lowest BCUT2D eigenvalue weighted by atomic mass is 10.1. The number of hydrogen-bond acceptors (Lipinski definition) is 2. The van der Waals surface area contributed by atoms with Crippen molar-refractivity contribution < 1.29 is 22.4 Å². The molecule has 0 saturated heterocycles. The van der Waals surface area contributed by atoms with Crippen LogP contribution in [0.15, 0.2) is 12.1 Å². The van der Waals surface area contributed by atoms with E-state index < -0.39 is 34.3 Å². The molecule has 0 aliphatic heterocycles. The summed E-state index contributed by atoms with van der Waals surface area (Å²) in [7, 11) is 1.05. The first-order valence-electron chi connectivity index (χ1n) is 7.61. The van der Waals surface area contributed by atoms with Gasteiger partial charge in [0.1, 0.15) is 11.5 Å². The molecule has 0 aliphatic carbocycles. The molecule has 0 saturated carbocycles. The van der Waals surface area contributed by atoms with Crippen molar-refractivity contribution in [2.45, 2.75) is 20.0 Å². The number of halogens is 6. The average molecular weight is 412 g/mol. The molecule has 0 aliphatic rings. The summed E-state index contributed by atoms with van der Waals surface area (Å²) >= 11 is 11.8. The number of alkyl halides is 3. The van der Waals surface area contributed by atoms with E-state index >= 15 is 0 Å². The fourth-order valence-corrected chi connectivity index (χ4v) is 3.15. The topological polar surface area (TPSA) is 38.1 Å². The van der Waals surface area contributed by atoms with Crippen molar-refractivity contribution in [3.05, 3.63) is 39.3 Å². The zero-order valence-electron chi connectivity index (χ0n) is 14.1. The predicted molar refractivity (Wildman–Crippen MR) is 90.9 cm³/mol. The Hall–Kier alpha value is -1.80. The Balaban J connectivity index is 2.66. The summed E-state index contributed by atoms with van der Waals surface area (Å²) in [5.41, 5.74) is -1.99. The Morgan fingerprint density at radius 1 is 1.23 bits per heavy atom. The zero-order chi connectivity index (χ0) is 19.8. The van der Waals surface area contributed by atoms with Crippen LogP contribution in [0.3, 0.4) is 0 Å². The predicted octanol–water partition coefficient (Wildman–Crippen LogP) is 5.03. The van der Waals surface area contributed by atoms with Gasteiger partial charge in [-0.05, 0) is 26.0 Å². The SMILES string of the molecule is CCN(CC)C(=O)c1cc(-c2nn(C)c(C(F)(F)F)c2Cl)c(F)cc1Cl. The van der Waals surface area contributed by atoms with Crippen LogP contribution in [0.5, 0.6) is 0 Å². The minimum atomic E-state index is -4.76. The second-order valence-electron chi connectivity index (χ2n) is 5.42. The molecule has 0 atom stereocenters. The van der Waals surface area contributed by atoms with Gasteiger partial charge < -0.3 is 4.90 Å². The van der Waals surface area contributed by atoms with Gasteiger partial charge in [-0.3, -0.25) is 9.48 Å². The third-order valence-corrected chi connectivity index (χ3v) is 4.52. The van der Waals surface area contributed by atoms with Crippen LogP contribution in [0.25, 0.3) is 11.3 Å². The van der Waals surface area contributed by atoms with Crippen LogP contribution in [0.1, 0.15) is 29.9 Å². The molecule has 1 aromatic carbocycles. The zero-order valence-corrected chi connectivity index (χ0v) is 15.6. The van der Waals surface area contributed by atoms with Crippen LogP contribution in [0, 0.1) is 5.82 Å². The smallest absolute Gasteiger partial charge is 0.339 e. The Morgan fingerprint density at radius 2 is 1.81 bits per heavy atom. The number of aryl methyl sites for hydroxylation is 1. The maximum Gasteiger partial charge on any atom is 0.434 e. The van der Waals surface area contributed by atoms with E-state index in [4.69, 9.17) is 23.2 Å². The van der Waals surface area contributed by atoms with Gasteiger partial charge in [0.15, 0.2) is 5.69 Å². The summed E-state index contributed by atoms with van der Waals surface area (Å²) in [6, 6.07) is 1.94. The number of carbonyl (C=O) groups is 1. The molecular formula is C16H15Cl2F4N3O. The average Bonchev–Trinajstić information content (AvgIpc) is 2.83. The van der Waals surface area contributed by atoms with Gasteiger partial charge in [0.25, 0.3) is 5.91 Å². The minimum absolute atomic E-state index is 0.0398. The molecule has 0 radical (unpaired) electrons. The largest absolute Gasteiger partial charge is 0.434 e. The van der Waals surface area contributed by atoms with Crippen molar-refractivity contribution >= 4 is 29.1 Å². The van der Waals surface area contributed by atoms with Gasteiger partial charge in [-0.2, -0.15) is 18.3 Å². The van der Waals surface area contributed by atoms with Crippen molar-refractivity contribution in [1.29, 1.82) is 0 Å². The van der Waals surface area contributed by atoms with Crippen LogP contribution in [-0.4, -0.2) is 33.7 Å². The molecule has 26 heavy (non-hydrogen) atoms. The molecule has 0 fully saturated rings. The van der Waals surface area contributed by atoms with Crippen LogP contribution < -0.4 is 0 Å². The molecule has 1 aromatic heterocycles. The van der Waals surface area contributed by atoms with Gasteiger partial charge in [0, 0.05) is 25.7 Å². The van der Waals surface area contributed by atoms with Crippen LogP contribution in [0.2, 0.25) is 10.0 Å². The fraction of sp³-hybridized carbons (Fsp3) is 0.375. The fourth-order valence-electron chi connectivity index (χ4n) is 2.55. The number of aromatic nitrogens is 2. The van der Waals surface area contributed by atoms with Crippen LogP contribution >= 0.6 is 23.2 Å². The van der Waals surface area contributed by atoms with E-state index in [1.54, 1.807) is 13.8 Å². The third kappa shape index (κ3) is 3.66. The number of nitrogens with zero attached hydrogens (tertiary/aromatic N) is 3. The van der Waals surface area contributed by atoms with Crippen molar-refractivity contribution in [2.75, 3.05) is 13.1 Å². The molecule has 2 aromatic rings. The lowest BCUT2D eigenvalue weighted by Gasteiger charge is -2.19. The van der Waals surface area contributed by atoms with Crippen molar-refractivity contribution in [3.8, 4) is 11.3 Å². The molecule has 0 spiro atoms. The lowest BCUT2D eigenvalue weighted by Crippen LogP contribution is -2.30. The Kier molecular flexibility index (Phi) is 5.87. The highest BCUT2D eigenvalue weighted by Crippen LogP contribution is 2.41. The molecular weight excluding hydrogens is 397 g/mol. The highest BCUT2D eigenvalue weighted by molar-refractivity contribution is 6.35. The Morgan fingerprint density at radius 3 is 2.27 bits per heavy atom. The van der Waals surface area contributed by atoms with E-state index in [9.17, 15) is 22.4 Å². The van der Waals surface area contributed by atoms with Crippen LogP contribution in [-0.2, 0) is 13.2 Å². The van der Waals surface area contributed by atoms with Gasteiger partial charge >= 0.3 is 6.18 Å². The van der Waals surface area contributed by atoms with Gasteiger partial charge in [0.05, 0.1) is 15.6 Å².